The van der Waals surface area contributed by atoms with Crippen molar-refractivity contribution in [3.05, 3.63) is 35.7 Å². The van der Waals surface area contributed by atoms with Crippen LogP contribution in [0.25, 0.3) is 11.5 Å². The number of rotatable bonds is 4. The molecule has 2 rings (SSSR count). The topological polar surface area (TPSA) is 87.4 Å². The van der Waals surface area contributed by atoms with Gasteiger partial charge in [-0.3, -0.25) is 0 Å². The zero-order chi connectivity index (χ0) is 16.3. The van der Waals surface area contributed by atoms with Crippen LogP contribution in [-0.4, -0.2) is 28.3 Å². The van der Waals surface area contributed by atoms with E-state index in [9.17, 15) is 4.79 Å². The molecule has 0 aliphatic carbocycles. The lowest BCUT2D eigenvalue weighted by atomic mass is 10.1. The SMILES string of the molecule is Cc1nc(-c2cccc(NC(=O)NC(C)(C)CO)c2)oc1C. The van der Waals surface area contributed by atoms with Gasteiger partial charge in [-0.15, -0.1) is 0 Å². The van der Waals surface area contributed by atoms with Crippen molar-refractivity contribution >= 4 is 11.7 Å². The predicted molar refractivity (Wildman–Crippen MR) is 84.7 cm³/mol. The molecule has 0 radical (unpaired) electrons. The van der Waals surface area contributed by atoms with Crippen LogP contribution in [-0.2, 0) is 0 Å². The molecule has 1 heterocycles. The van der Waals surface area contributed by atoms with Gasteiger partial charge in [0.2, 0.25) is 5.89 Å². The highest BCUT2D eigenvalue weighted by Gasteiger charge is 2.19. The van der Waals surface area contributed by atoms with Gasteiger partial charge < -0.3 is 20.2 Å². The van der Waals surface area contributed by atoms with Crippen molar-refractivity contribution < 1.29 is 14.3 Å². The number of hydrogen-bond donors (Lipinski definition) is 3. The van der Waals surface area contributed by atoms with Gasteiger partial charge in [0.1, 0.15) is 5.76 Å². The van der Waals surface area contributed by atoms with E-state index in [0.717, 1.165) is 17.0 Å². The van der Waals surface area contributed by atoms with E-state index in [4.69, 9.17) is 9.52 Å². The van der Waals surface area contributed by atoms with Crippen molar-refractivity contribution in [2.24, 2.45) is 0 Å². The molecule has 0 saturated carbocycles. The maximum atomic E-state index is 11.9. The van der Waals surface area contributed by atoms with Gasteiger partial charge in [-0.25, -0.2) is 9.78 Å². The number of carbonyl (C=O) groups excluding carboxylic acids is 1. The summed E-state index contributed by atoms with van der Waals surface area (Å²) in [5, 5.41) is 14.6. The second-order valence-electron chi connectivity index (χ2n) is 5.86. The molecule has 0 aliphatic rings. The van der Waals surface area contributed by atoms with Gasteiger partial charge in [-0.05, 0) is 45.9 Å². The van der Waals surface area contributed by atoms with Crippen molar-refractivity contribution in [3.63, 3.8) is 0 Å². The highest BCUT2D eigenvalue weighted by Crippen LogP contribution is 2.24. The van der Waals surface area contributed by atoms with E-state index in [1.54, 1.807) is 26.0 Å². The van der Waals surface area contributed by atoms with E-state index < -0.39 is 5.54 Å². The summed E-state index contributed by atoms with van der Waals surface area (Å²) >= 11 is 0. The molecule has 1 aromatic carbocycles. The molecule has 2 amide bonds. The smallest absolute Gasteiger partial charge is 0.319 e. The molecule has 0 atom stereocenters. The van der Waals surface area contributed by atoms with Gasteiger partial charge in [0.05, 0.1) is 17.8 Å². The number of amides is 2. The van der Waals surface area contributed by atoms with E-state index in [2.05, 4.69) is 15.6 Å². The fourth-order valence-corrected chi connectivity index (χ4v) is 1.84. The molecule has 6 nitrogen and oxygen atoms in total. The molecule has 0 unspecified atom stereocenters. The third kappa shape index (κ3) is 3.85. The third-order valence-electron chi connectivity index (χ3n) is 3.24. The van der Waals surface area contributed by atoms with Gasteiger partial charge >= 0.3 is 6.03 Å². The van der Waals surface area contributed by atoms with Crippen LogP contribution < -0.4 is 10.6 Å². The van der Waals surface area contributed by atoms with E-state index in [0.29, 0.717) is 11.6 Å². The average molecular weight is 303 g/mol. The van der Waals surface area contributed by atoms with Crippen LogP contribution in [0.3, 0.4) is 0 Å². The Morgan fingerprint density at radius 2 is 2.09 bits per heavy atom. The molecule has 118 valence electrons. The Labute approximate surface area is 129 Å². The van der Waals surface area contributed by atoms with Crippen molar-refractivity contribution in [3.8, 4) is 11.5 Å². The quantitative estimate of drug-likeness (QED) is 0.810. The molecule has 1 aromatic heterocycles. The van der Waals surface area contributed by atoms with Crippen molar-refractivity contribution in [1.29, 1.82) is 0 Å². The largest absolute Gasteiger partial charge is 0.441 e. The number of benzene rings is 1. The van der Waals surface area contributed by atoms with Gasteiger partial charge in [0.25, 0.3) is 0 Å². The molecule has 2 aromatic rings. The summed E-state index contributed by atoms with van der Waals surface area (Å²) in [6.07, 6.45) is 0. The summed E-state index contributed by atoms with van der Waals surface area (Å²) in [7, 11) is 0. The van der Waals surface area contributed by atoms with Crippen molar-refractivity contribution in [1.82, 2.24) is 10.3 Å². The molecular formula is C16H21N3O3. The highest BCUT2D eigenvalue weighted by molar-refractivity contribution is 5.90. The molecular weight excluding hydrogens is 282 g/mol. The number of aliphatic hydroxyl groups excluding tert-OH is 1. The number of hydrogen-bond acceptors (Lipinski definition) is 4. The van der Waals surface area contributed by atoms with Crippen LogP contribution in [0, 0.1) is 13.8 Å². The average Bonchev–Trinajstić information content (AvgIpc) is 2.78. The van der Waals surface area contributed by atoms with Gasteiger partial charge in [-0.1, -0.05) is 6.07 Å². The molecule has 0 saturated heterocycles. The van der Waals surface area contributed by atoms with Crippen LogP contribution in [0.4, 0.5) is 10.5 Å². The molecule has 6 heteroatoms. The third-order valence-corrected chi connectivity index (χ3v) is 3.24. The molecule has 3 N–H and O–H groups in total. The number of aliphatic hydroxyl groups is 1. The summed E-state index contributed by atoms with van der Waals surface area (Å²) < 4.78 is 5.59. The number of oxazole rings is 1. The number of carbonyl (C=O) groups is 1. The lowest BCUT2D eigenvalue weighted by Crippen LogP contribution is -2.48. The maximum Gasteiger partial charge on any atom is 0.319 e. The molecule has 0 fully saturated rings. The Morgan fingerprint density at radius 3 is 2.68 bits per heavy atom. The lowest BCUT2D eigenvalue weighted by molar-refractivity contribution is 0.187. The van der Waals surface area contributed by atoms with Crippen LogP contribution in [0.1, 0.15) is 25.3 Å². The predicted octanol–water partition coefficient (Wildman–Crippen LogP) is 2.85. The summed E-state index contributed by atoms with van der Waals surface area (Å²) in [6, 6.07) is 6.87. The number of nitrogens with one attached hydrogen (secondary N) is 2. The van der Waals surface area contributed by atoms with Gasteiger partial charge in [-0.2, -0.15) is 0 Å². The molecule has 0 bridgehead atoms. The number of nitrogens with zero attached hydrogens (tertiary/aromatic N) is 1. The molecule has 22 heavy (non-hydrogen) atoms. The fraction of sp³-hybridized carbons (Fsp3) is 0.375. The summed E-state index contributed by atoms with van der Waals surface area (Å²) in [5.74, 6) is 1.30. The summed E-state index contributed by atoms with van der Waals surface area (Å²) in [4.78, 5) is 16.3. The standard InChI is InChI=1S/C16H21N3O3/c1-10-11(2)22-14(17-10)12-6-5-7-13(8-12)18-15(21)19-16(3,4)9-20/h5-8,20H,9H2,1-4H3,(H2,18,19,21). The minimum absolute atomic E-state index is 0.144. The van der Waals surface area contributed by atoms with Crippen LogP contribution in [0.5, 0.6) is 0 Å². The number of anilines is 1. The highest BCUT2D eigenvalue weighted by atomic mass is 16.4. The second kappa shape index (κ2) is 6.19. The summed E-state index contributed by atoms with van der Waals surface area (Å²) in [6.45, 7) is 7.07. The lowest BCUT2D eigenvalue weighted by Gasteiger charge is -2.23. The Hall–Kier alpha value is -2.34. The first-order chi connectivity index (χ1) is 10.3. The zero-order valence-electron chi connectivity index (χ0n) is 13.2. The van der Waals surface area contributed by atoms with E-state index in [-0.39, 0.29) is 12.6 Å². The molecule has 0 aliphatic heterocycles. The van der Waals surface area contributed by atoms with Gasteiger partial charge in [0, 0.05) is 11.3 Å². The first-order valence-corrected chi connectivity index (χ1v) is 7.05. The zero-order valence-corrected chi connectivity index (χ0v) is 13.2. The minimum atomic E-state index is -0.682. The Bertz CT molecular complexity index is 658. The Morgan fingerprint density at radius 1 is 1.36 bits per heavy atom. The van der Waals surface area contributed by atoms with Crippen molar-refractivity contribution in [2.75, 3.05) is 11.9 Å². The Kier molecular flexibility index (Phi) is 4.51. The number of aromatic nitrogens is 1. The fourth-order valence-electron chi connectivity index (χ4n) is 1.84. The maximum absolute atomic E-state index is 11.9. The summed E-state index contributed by atoms with van der Waals surface area (Å²) in [5.41, 5.74) is 1.57. The second-order valence-corrected chi connectivity index (χ2v) is 5.86. The minimum Gasteiger partial charge on any atom is -0.441 e. The van der Waals surface area contributed by atoms with Crippen molar-refractivity contribution in [2.45, 2.75) is 33.2 Å². The van der Waals surface area contributed by atoms with Gasteiger partial charge in [0.15, 0.2) is 0 Å². The number of urea groups is 1. The first kappa shape index (κ1) is 16.0. The molecule has 0 spiro atoms. The van der Waals surface area contributed by atoms with E-state index in [1.165, 1.54) is 0 Å². The van der Waals surface area contributed by atoms with Crippen LogP contribution in [0.2, 0.25) is 0 Å². The van der Waals surface area contributed by atoms with Crippen LogP contribution >= 0.6 is 0 Å². The first-order valence-electron chi connectivity index (χ1n) is 7.05. The monoisotopic (exact) mass is 303 g/mol. The van der Waals surface area contributed by atoms with E-state index >= 15 is 0 Å². The Balaban J connectivity index is 2.13. The normalized spacial score (nSPS) is 11.3. The van der Waals surface area contributed by atoms with E-state index in [1.807, 2.05) is 26.0 Å². The number of aryl methyl sites for hydroxylation is 2. The van der Waals surface area contributed by atoms with Crippen LogP contribution in [0.15, 0.2) is 28.7 Å².